The molecule has 2 aliphatic rings. The topological polar surface area (TPSA) is 0 Å². The van der Waals surface area contributed by atoms with E-state index in [4.69, 9.17) is 0 Å². The molecule has 0 saturated heterocycles. The molecule has 2 saturated carbocycles. The zero-order valence-corrected chi connectivity index (χ0v) is 6.27. The Hall–Kier alpha value is 0. The summed E-state index contributed by atoms with van der Waals surface area (Å²) in [7, 11) is 0. The van der Waals surface area contributed by atoms with Crippen LogP contribution in [0.3, 0.4) is 0 Å². The molecule has 0 radical (unpaired) electrons. The van der Waals surface area contributed by atoms with E-state index in [0.29, 0.717) is 0 Å². The Kier molecular flexibility index (Phi) is 1.28. The van der Waals surface area contributed by atoms with Crippen molar-refractivity contribution in [2.45, 2.75) is 39.0 Å². The molecule has 0 heteroatoms. The van der Waals surface area contributed by atoms with E-state index in [9.17, 15) is 0 Å². The first kappa shape index (κ1) is 5.76. The summed E-state index contributed by atoms with van der Waals surface area (Å²) in [5.41, 5.74) is 0. The Morgan fingerprint density at radius 3 is 2.22 bits per heavy atom. The summed E-state index contributed by atoms with van der Waals surface area (Å²) >= 11 is 0. The molecule has 0 spiro atoms. The van der Waals surface area contributed by atoms with Crippen molar-refractivity contribution in [3.63, 3.8) is 0 Å². The zero-order valence-electron chi connectivity index (χ0n) is 6.27. The second-order valence-corrected chi connectivity index (χ2v) is 3.91. The van der Waals surface area contributed by atoms with E-state index in [1.54, 1.807) is 19.3 Å². The van der Waals surface area contributed by atoms with Gasteiger partial charge < -0.3 is 0 Å². The SMILES string of the molecule is C[C@@H]1CCC[C@@H]1C1CC1. The van der Waals surface area contributed by atoms with Gasteiger partial charge in [-0.1, -0.05) is 19.8 Å². The fourth-order valence-electron chi connectivity index (χ4n) is 2.40. The summed E-state index contributed by atoms with van der Waals surface area (Å²) in [4.78, 5) is 0. The van der Waals surface area contributed by atoms with Gasteiger partial charge >= 0.3 is 0 Å². The molecule has 2 fully saturated rings. The highest BCUT2D eigenvalue weighted by Gasteiger charge is 2.36. The molecule has 2 rings (SSSR count). The molecule has 0 aliphatic heterocycles. The smallest absolute Gasteiger partial charge is 0.0360 e. The van der Waals surface area contributed by atoms with Crippen molar-refractivity contribution < 1.29 is 0 Å². The van der Waals surface area contributed by atoms with Gasteiger partial charge in [-0.15, -0.1) is 0 Å². The number of rotatable bonds is 1. The van der Waals surface area contributed by atoms with Gasteiger partial charge in [0.25, 0.3) is 0 Å². The van der Waals surface area contributed by atoms with Gasteiger partial charge in [-0.3, -0.25) is 0 Å². The van der Waals surface area contributed by atoms with Crippen LogP contribution in [0.25, 0.3) is 0 Å². The molecule has 2 atom stereocenters. The molecular weight excluding hydrogens is 108 g/mol. The Morgan fingerprint density at radius 2 is 1.78 bits per heavy atom. The summed E-state index contributed by atoms with van der Waals surface area (Å²) in [5, 5.41) is 0. The monoisotopic (exact) mass is 124 g/mol. The second kappa shape index (κ2) is 2.00. The van der Waals surface area contributed by atoms with Gasteiger partial charge in [-0.05, 0) is 37.0 Å². The third-order valence-corrected chi connectivity index (χ3v) is 3.16. The van der Waals surface area contributed by atoms with Crippen LogP contribution in [0.4, 0.5) is 0 Å². The van der Waals surface area contributed by atoms with Crippen molar-refractivity contribution in [1.29, 1.82) is 0 Å². The van der Waals surface area contributed by atoms with Gasteiger partial charge in [0.15, 0.2) is 0 Å². The van der Waals surface area contributed by atoms with E-state index < -0.39 is 0 Å². The molecule has 0 unspecified atom stereocenters. The fourth-order valence-corrected chi connectivity index (χ4v) is 2.40. The maximum Gasteiger partial charge on any atom is -0.0360 e. The van der Waals surface area contributed by atoms with E-state index in [1.165, 1.54) is 18.8 Å². The summed E-state index contributed by atoms with van der Waals surface area (Å²) < 4.78 is 0. The highest BCUT2D eigenvalue weighted by atomic mass is 14.4. The second-order valence-electron chi connectivity index (χ2n) is 3.91. The van der Waals surface area contributed by atoms with Gasteiger partial charge in [-0.2, -0.15) is 0 Å². The Labute approximate surface area is 57.6 Å². The molecule has 0 heterocycles. The molecule has 2 aliphatic carbocycles. The lowest BCUT2D eigenvalue weighted by atomic mass is 9.93. The first-order valence-corrected chi connectivity index (χ1v) is 4.38. The molecule has 0 N–H and O–H groups in total. The fraction of sp³-hybridized carbons (Fsp3) is 1.00. The minimum atomic E-state index is 1.07. The van der Waals surface area contributed by atoms with Crippen LogP contribution in [0.15, 0.2) is 0 Å². The lowest BCUT2D eigenvalue weighted by molar-refractivity contribution is 0.371. The van der Waals surface area contributed by atoms with E-state index >= 15 is 0 Å². The van der Waals surface area contributed by atoms with Crippen molar-refractivity contribution in [1.82, 2.24) is 0 Å². The third-order valence-electron chi connectivity index (χ3n) is 3.16. The molecule has 0 aromatic carbocycles. The maximum absolute atomic E-state index is 2.44. The van der Waals surface area contributed by atoms with Crippen LogP contribution >= 0.6 is 0 Å². The van der Waals surface area contributed by atoms with Crippen LogP contribution in [0.1, 0.15) is 39.0 Å². The summed E-state index contributed by atoms with van der Waals surface area (Å²) in [6, 6.07) is 0. The van der Waals surface area contributed by atoms with Gasteiger partial charge in [0, 0.05) is 0 Å². The maximum atomic E-state index is 2.44. The summed E-state index contributed by atoms with van der Waals surface area (Å²) in [6.45, 7) is 2.44. The lowest BCUT2D eigenvalue weighted by Crippen LogP contribution is -2.05. The Bertz CT molecular complexity index is 103. The average Bonchev–Trinajstić information content (AvgIpc) is 2.58. The standard InChI is InChI=1S/C9H16/c1-7-3-2-4-9(7)8-5-6-8/h7-9H,2-6H2,1H3/t7-,9+/m1/s1. The predicted octanol–water partition coefficient (Wildman–Crippen LogP) is 2.83. The van der Waals surface area contributed by atoms with Gasteiger partial charge in [0.1, 0.15) is 0 Å². The number of hydrogen-bond acceptors (Lipinski definition) is 0. The van der Waals surface area contributed by atoms with Crippen LogP contribution < -0.4 is 0 Å². The highest BCUT2D eigenvalue weighted by Crippen LogP contribution is 2.47. The van der Waals surface area contributed by atoms with Crippen LogP contribution in [-0.2, 0) is 0 Å². The van der Waals surface area contributed by atoms with Crippen molar-refractivity contribution in [2.24, 2.45) is 17.8 Å². The van der Waals surface area contributed by atoms with Crippen LogP contribution in [0.2, 0.25) is 0 Å². The van der Waals surface area contributed by atoms with Crippen molar-refractivity contribution >= 4 is 0 Å². The Balaban J connectivity index is 1.93. The zero-order chi connectivity index (χ0) is 6.27. The van der Waals surface area contributed by atoms with Crippen LogP contribution in [0.5, 0.6) is 0 Å². The molecule has 52 valence electrons. The van der Waals surface area contributed by atoms with Crippen LogP contribution in [-0.4, -0.2) is 0 Å². The first-order valence-electron chi connectivity index (χ1n) is 4.38. The van der Waals surface area contributed by atoms with E-state index in [-0.39, 0.29) is 0 Å². The third kappa shape index (κ3) is 0.997. The first-order chi connectivity index (χ1) is 4.38. The quantitative estimate of drug-likeness (QED) is 0.504. The minimum Gasteiger partial charge on any atom is -0.0622 e. The molecule has 9 heavy (non-hydrogen) atoms. The average molecular weight is 124 g/mol. The summed E-state index contributed by atoms with van der Waals surface area (Å²) in [6.07, 6.45) is 7.68. The summed E-state index contributed by atoms with van der Waals surface area (Å²) in [5.74, 6) is 3.38. The molecule has 0 nitrogen and oxygen atoms in total. The minimum absolute atomic E-state index is 1.07. The Morgan fingerprint density at radius 1 is 1.00 bits per heavy atom. The highest BCUT2D eigenvalue weighted by molar-refractivity contribution is 4.87. The van der Waals surface area contributed by atoms with Gasteiger partial charge in [-0.25, -0.2) is 0 Å². The van der Waals surface area contributed by atoms with Crippen LogP contribution in [0, 0.1) is 17.8 Å². The normalized spacial score (nSPS) is 43.7. The molecule has 0 amide bonds. The van der Waals surface area contributed by atoms with E-state index in [2.05, 4.69) is 6.92 Å². The van der Waals surface area contributed by atoms with E-state index in [0.717, 1.165) is 11.8 Å². The molecule has 0 aromatic heterocycles. The van der Waals surface area contributed by atoms with Gasteiger partial charge in [0.05, 0.1) is 0 Å². The number of hydrogen-bond donors (Lipinski definition) is 0. The largest absolute Gasteiger partial charge is 0.0622 e. The molecule has 0 bridgehead atoms. The molecular formula is C9H16. The predicted molar refractivity (Wildman–Crippen MR) is 39.2 cm³/mol. The molecule has 0 aromatic rings. The van der Waals surface area contributed by atoms with E-state index in [1.807, 2.05) is 0 Å². The van der Waals surface area contributed by atoms with Crippen molar-refractivity contribution in [3.05, 3.63) is 0 Å². The van der Waals surface area contributed by atoms with Gasteiger partial charge in [0.2, 0.25) is 0 Å². The van der Waals surface area contributed by atoms with Crippen molar-refractivity contribution in [3.8, 4) is 0 Å². The lowest BCUT2D eigenvalue weighted by Gasteiger charge is -2.12. The van der Waals surface area contributed by atoms with Crippen molar-refractivity contribution in [2.75, 3.05) is 0 Å².